The average Bonchev–Trinajstić information content (AvgIpc) is 2.92. The van der Waals surface area contributed by atoms with Gasteiger partial charge in [-0.05, 0) is 18.0 Å². The maximum Gasteiger partial charge on any atom is 0.272 e. The third-order valence-corrected chi connectivity index (χ3v) is 6.17. The van der Waals surface area contributed by atoms with Gasteiger partial charge in [-0.2, -0.15) is 9.64 Å². The molecule has 0 saturated carbocycles. The molecule has 19 heavy (non-hydrogen) atoms. The smallest absolute Gasteiger partial charge is 0.272 e. The summed E-state index contributed by atoms with van der Waals surface area (Å²) in [5.74, 6) is 0. The van der Waals surface area contributed by atoms with E-state index in [4.69, 9.17) is 5.26 Å². The van der Waals surface area contributed by atoms with E-state index in [2.05, 4.69) is 10.4 Å². The number of hydrogen-bond acceptors (Lipinski definition) is 7. The second-order valence-electron chi connectivity index (χ2n) is 3.88. The quantitative estimate of drug-likeness (QED) is 0.725. The first-order chi connectivity index (χ1) is 9.17. The molecule has 1 aromatic heterocycles. The molecule has 2 aliphatic heterocycles. The molecule has 96 valence electrons. The lowest BCUT2D eigenvalue weighted by Crippen LogP contribution is -2.25. The van der Waals surface area contributed by atoms with E-state index in [-0.39, 0.29) is 11.1 Å². The van der Waals surface area contributed by atoms with Gasteiger partial charge in [-0.25, -0.2) is 0 Å². The molecule has 0 saturated heterocycles. The van der Waals surface area contributed by atoms with E-state index >= 15 is 0 Å². The van der Waals surface area contributed by atoms with E-state index in [1.54, 1.807) is 0 Å². The van der Waals surface area contributed by atoms with Gasteiger partial charge in [0.2, 0.25) is 0 Å². The highest BCUT2D eigenvalue weighted by Crippen LogP contribution is 2.28. The van der Waals surface area contributed by atoms with Crippen molar-refractivity contribution in [2.45, 2.75) is 19.9 Å². The molecule has 0 aromatic carbocycles. The molecule has 5 nitrogen and oxygen atoms in total. The molecule has 1 aromatic rings. The van der Waals surface area contributed by atoms with Crippen molar-refractivity contribution >= 4 is 43.7 Å². The fraction of sp³-hybridized carbons (Fsp3) is 0.273. The maximum absolute atomic E-state index is 12.2. The minimum absolute atomic E-state index is 0.239. The summed E-state index contributed by atoms with van der Waals surface area (Å²) in [4.78, 5) is 25.5. The van der Waals surface area contributed by atoms with Crippen molar-refractivity contribution in [3.8, 4) is 6.07 Å². The average molecular weight is 309 g/mol. The zero-order chi connectivity index (χ0) is 13.6. The van der Waals surface area contributed by atoms with Gasteiger partial charge in [-0.15, -0.1) is 22.7 Å². The molecule has 0 N–H and O–H groups in total. The molecule has 0 spiro atoms. The fourth-order valence-corrected chi connectivity index (χ4v) is 5.05. The normalized spacial score (nSPS) is 11.2. The van der Waals surface area contributed by atoms with Crippen LogP contribution in [0.25, 0.3) is 9.53 Å². The SMILES string of the molecule is CCCn1c(=O)c2sc3nsc(C#N)c3sc=2c1=O. The fourth-order valence-electron chi connectivity index (χ4n) is 1.83. The molecule has 0 atom stereocenters. The summed E-state index contributed by atoms with van der Waals surface area (Å²) >= 11 is 3.50. The Morgan fingerprint density at radius 2 is 1.95 bits per heavy atom. The van der Waals surface area contributed by atoms with Crippen LogP contribution in [0.4, 0.5) is 0 Å². The molecule has 0 bridgehead atoms. The predicted molar refractivity (Wildman–Crippen MR) is 76.2 cm³/mol. The summed E-state index contributed by atoms with van der Waals surface area (Å²) in [6.45, 7) is 2.35. The molecule has 3 heterocycles. The van der Waals surface area contributed by atoms with Gasteiger partial charge in [0.15, 0.2) is 0 Å². The minimum atomic E-state index is -0.250. The molecule has 0 aliphatic carbocycles. The van der Waals surface area contributed by atoms with Crippen molar-refractivity contribution in [2.75, 3.05) is 0 Å². The highest BCUT2D eigenvalue weighted by atomic mass is 32.1. The van der Waals surface area contributed by atoms with Crippen LogP contribution >= 0.6 is 34.2 Å². The first kappa shape index (κ1) is 12.5. The molecule has 8 heteroatoms. The lowest BCUT2D eigenvalue weighted by atomic mass is 10.5. The van der Waals surface area contributed by atoms with Crippen LogP contribution in [0.2, 0.25) is 0 Å². The topological polar surface area (TPSA) is 75.8 Å². The summed E-state index contributed by atoms with van der Waals surface area (Å²) in [6.07, 6.45) is 0.732. The molecule has 0 fully saturated rings. The van der Waals surface area contributed by atoms with Gasteiger partial charge >= 0.3 is 0 Å². The summed E-state index contributed by atoms with van der Waals surface area (Å²) in [5, 5.41) is 9.00. The largest absolute Gasteiger partial charge is 0.273 e. The van der Waals surface area contributed by atoms with Gasteiger partial charge in [0.25, 0.3) is 11.1 Å². The Hall–Kier alpha value is -1.56. The van der Waals surface area contributed by atoms with E-state index in [1.807, 2.05) is 6.92 Å². The second-order valence-corrected chi connectivity index (χ2v) is 6.68. The van der Waals surface area contributed by atoms with Gasteiger partial charge in [-0.3, -0.25) is 14.2 Å². The van der Waals surface area contributed by atoms with Crippen molar-refractivity contribution in [3.63, 3.8) is 0 Å². The Kier molecular flexibility index (Phi) is 2.97. The Morgan fingerprint density at radius 3 is 2.58 bits per heavy atom. The van der Waals surface area contributed by atoms with Gasteiger partial charge in [-0.1, -0.05) is 6.92 Å². The molecular weight excluding hydrogens is 302 g/mol. The standard InChI is InChI=1S/C11H7N3O2S3/c1-2-3-14-10(15)7-8(11(14)16)18-9-6(17-7)5(4-12)19-13-9/h2-3H2,1H3. The molecule has 2 aliphatic rings. The summed E-state index contributed by atoms with van der Waals surface area (Å²) in [5.41, 5.74) is -0.489. The number of nitriles is 1. The maximum atomic E-state index is 12.2. The van der Waals surface area contributed by atoms with Crippen molar-refractivity contribution < 1.29 is 0 Å². The molecule has 3 rings (SSSR count). The van der Waals surface area contributed by atoms with Crippen LogP contribution in [0.1, 0.15) is 18.2 Å². The first-order valence-corrected chi connectivity index (χ1v) is 7.94. The van der Waals surface area contributed by atoms with Gasteiger partial charge in [0, 0.05) is 6.54 Å². The Bertz CT molecular complexity index is 986. The number of rotatable bonds is 2. The van der Waals surface area contributed by atoms with Crippen LogP contribution in [-0.2, 0) is 6.54 Å². The molecule has 0 amide bonds. The number of hydrogen-bond donors (Lipinski definition) is 0. The highest BCUT2D eigenvalue weighted by Gasteiger charge is 2.15. The van der Waals surface area contributed by atoms with Crippen molar-refractivity contribution in [2.24, 2.45) is 0 Å². The van der Waals surface area contributed by atoms with Crippen molar-refractivity contribution in [3.05, 3.63) is 34.6 Å². The van der Waals surface area contributed by atoms with Crippen LogP contribution in [0.5, 0.6) is 0 Å². The summed E-state index contributed by atoms with van der Waals surface area (Å²) in [7, 11) is 0. The number of fused-ring (bicyclic) bond motifs is 1. The summed E-state index contributed by atoms with van der Waals surface area (Å²) < 4.78 is 7.03. The Morgan fingerprint density at radius 1 is 1.26 bits per heavy atom. The lowest BCUT2D eigenvalue weighted by Gasteiger charge is -1.92. The lowest BCUT2D eigenvalue weighted by molar-refractivity contribution is 0.644. The van der Waals surface area contributed by atoms with E-state index < -0.39 is 0 Å². The van der Waals surface area contributed by atoms with Crippen molar-refractivity contribution in [1.29, 1.82) is 5.26 Å². The Labute approximate surface area is 118 Å². The zero-order valence-electron chi connectivity index (χ0n) is 9.80. The van der Waals surface area contributed by atoms with Gasteiger partial charge in [0.1, 0.15) is 24.8 Å². The van der Waals surface area contributed by atoms with Crippen LogP contribution in [0.15, 0.2) is 9.59 Å². The monoisotopic (exact) mass is 309 g/mol. The number of nitrogens with zero attached hydrogens (tertiary/aromatic N) is 3. The third-order valence-electron chi connectivity index (χ3n) is 2.66. The third kappa shape index (κ3) is 1.74. The van der Waals surface area contributed by atoms with E-state index in [0.717, 1.165) is 18.0 Å². The van der Waals surface area contributed by atoms with E-state index in [0.29, 0.717) is 30.0 Å². The summed E-state index contributed by atoms with van der Waals surface area (Å²) in [6, 6.07) is 2.07. The molecular formula is C11H7N3O2S3. The Balaban J connectivity index is 2.51. The van der Waals surface area contributed by atoms with Gasteiger partial charge in [0.05, 0.1) is 4.70 Å². The van der Waals surface area contributed by atoms with Gasteiger partial charge < -0.3 is 0 Å². The predicted octanol–water partition coefficient (Wildman–Crippen LogP) is 1.95. The van der Waals surface area contributed by atoms with Crippen molar-refractivity contribution in [1.82, 2.24) is 8.94 Å². The van der Waals surface area contributed by atoms with E-state index in [1.165, 1.54) is 27.2 Å². The number of aromatic nitrogens is 2. The second kappa shape index (κ2) is 4.52. The zero-order valence-corrected chi connectivity index (χ0v) is 12.2. The van der Waals surface area contributed by atoms with E-state index in [9.17, 15) is 9.59 Å². The highest BCUT2D eigenvalue weighted by molar-refractivity contribution is 7.29. The minimum Gasteiger partial charge on any atom is -0.273 e. The molecule has 0 unspecified atom stereocenters. The van der Waals surface area contributed by atoms with Crippen LogP contribution in [0.3, 0.4) is 0 Å². The first-order valence-electron chi connectivity index (χ1n) is 5.53. The molecule has 0 radical (unpaired) electrons. The van der Waals surface area contributed by atoms with Crippen LogP contribution < -0.4 is 11.1 Å². The van der Waals surface area contributed by atoms with Crippen LogP contribution in [-0.4, -0.2) is 8.94 Å². The van der Waals surface area contributed by atoms with Crippen LogP contribution in [0, 0.1) is 20.4 Å².